The van der Waals surface area contributed by atoms with E-state index in [9.17, 15) is 18.0 Å². The van der Waals surface area contributed by atoms with Gasteiger partial charge in [0.15, 0.2) is 0 Å². The Morgan fingerprint density at radius 3 is 2.62 bits per heavy atom. The maximum absolute atomic E-state index is 13.8. The second-order valence-corrected chi connectivity index (χ2v) is 8.19. The molecule has 1 fully saturated rings. The smallest absolute Gasteiger partial charge is 0.419 e. The van der Waals surface area contributed by atoms with Crippen molar-refractivity contribution in [1.29, 1.82) is 0 Å². The lowest BCUT2D eigenvalue weighted by atomic mass is 9.94. The normalized spacial score (nSPS) is 15.4. The molecule has 1 aliphatic rings. The molecule has 8 nitrogen and oxygen atoms in total. The van der Waals surface area contributed by atoms with Gasteiger partial charge in [0.1, 0.15) is 5.82 Å². The van der Waals surface area contributed by atoms with E-state index in [-0.39, 0.29) is 35.4 Å². The number of morpholine rings is 1. The zero-order valence-electron chi connectivity index (χ0n) is 18.6. The number of halogens is 3. The molecule has 3 heterocycles. The maximum Gasteiger partial charge on any atom is 0.419 e. The molecule has 4 rings (SSSR count). The molecule has 0 amide bonds. The number of carboxylic acid groups (broad SMARTS) is 1. The molecule has 1 saturated heterocycles. The Bertz CT molecular complexity index is 1190. The van der Waals surface area contributed by atoms with Crippen LogP contribution in [0.2, 0.25) is 0 Å². The van der Waals surface area contributed by atoms with Crippen LogP contribution in [0.25, 0.3) is 22.8 Å². The van der Waals surface area contributed by atoms with E-state index in [2.05, 4.69) is 15.1 Å². The van der Waals surface area contributed by atoms with Gasteiger partial charge in [-0.05, 0) is 30.0 Å². The van der Waals surface area contributed by atoms with Crippen molar-refractivity contribution < 1.29 is 32.3 Å². The van der Waals surface area contributed by atoms with Crippen molar-refractivity contribution in [2.24, 2.45) is 0 Å². The van der Waals surface area contributed by atoms with Crippen LogP contribution in [0.3, 0.4) is 0 Å². The van der Waals surface area contributed by atoms with Crippen LogP contribution in [0, 0.1) is 6.92 Å². The Labute approximate surface area is 193 Å². The Balaban J connectivity index is 1.63. The average Bonchev–Trinajstić information content (AvgIpc) is 3.28. The third-order valence-corrected chi connectivity index (χ3v) is 5.70. The maximum atomic E-state index is 13.8. The number of pyridine rings is 1. The molecule has 3 aromatic rings. The predicted molar refractivity (Wildman–Crippen MR) is 116 cm³/mol. The summed E-state index contributed by atoms with van der Waals surface area (Å²) in [7, 11) is 0. The van der Waals surface area contributed by atoms with E-state index in [1.54, 1.807) is 17.0 Å². The van der Waals surface area contributed by atoms with Gasteiger partial charge in [-0.25, -0.2) is 4.98 Å². The number of benzene rings is 1. The molecule has 0 radical (unpaired) electrons. The summed E-state index contributed by atoms with van der Waals surface area (Å²) < 4.78 is 51.9. The SMILES string of the molecule is Cc1cc(C(C)CC(=O)O)ccc1-c1noc(-c2cnc(N3CCOCC3)c(C(F)(F)F)c2)n1. The van der Waals surface area contributed by atoms with Gasteiger partial charge in [-0.2, -0.15) is 18.2 Å². The number of carboxylic acids is 1. The van der Waals surface area contributed by atoms with Gasteiger partial charge in [0.05, 0.1) is 30.8 Å². The molecule has 1 aromatic carbocycles. The highest BCUT2D eigenvalue weighted by molar-refractivity contribution is 5.69. The van der Waals surface area contributed by atoms with E-state index < -0.39 is 17.7 Å². The Morgan fingerprint density at radius 1 is 1.24 bits per heavy atom. The summed E-state index contributed by atoms with van der Waals surface area (Å²) in [5.41, 5.74) is 1.46. The fourth-order valence-corrected chi connectivity index (χ4v) is 3.88. The van der Waals surface area contributed by atoms with Crippen molar-refractivity contribution in [3.8, 4) is 22.8 Å². The molecule has 2 aromatic heterocycles. The second kappa shape index (κ2) is 9.41. The summed E-state index contributed by atoms with van der Waals surface area (Å²) >= 11 is 0. The van der Waals surface area contributed by atoms with Crippen LogP contribution in [0.5, 0.6) is 0 Å². The van der Waals surface area contributed by atoms with Crippen LogP contribution in [-0.2, 0) is 15.7 Å². The lowest BCUT2D eigenvalue weighted by Gasteiger charge is -2.29. The van der Waals surface area contributed by atoms with E-state index in [4.69, 9.17) is 14.4 Å². The first-order chi connectivity index (χ1) is 16.1. The van der Waals surface area contributed by atoms with Gasteiger partial charge < -0.3 is 19.3 Å². The molecule has 0 bridgehead atoms. The fourth-order valence-electron chi connectivity index (χ4n) is 3.88. The number of carbonyl (C=O) groups is 1. The van der Waals surface area contributed by atoms with E-state index in [0.717, 1.165) is 17.2 Å². The lowest BCUT2D eigenvalue weighted by Crippen LogP contribution is -2.38. The van der Waals surface area contributed by atoms with Gasteiger partial charge in [0, 0.05) is 24.8 Å². The van der Waals surface area contributed by atoms with Crippen LogP contribution in [-0.4, -0.2) is 52.5 Å². The molecule has 1 N–H and O–H groups in total. The summed E-state index contributed by atoms with van der Waals surface area (Å²) in [5, 5.41) is 12.9. The van der Waals surface area contributed by atoms with Crippen molar-refractivity contribution in [2.45, 2.75) is 32.4 Å². The minimum Gasteiger partial charge on any atom is -0.481 e. The number of alkyl halides is 3. The van der Waals surface area contributed by atoms with E-state index in [1.807, 2.05) is 19.9 Å². The largest absolute Gasteiger partial charge is 0.481 e. The summed E-state index contributed by atoms with van der Waals surface area (Å²) in [6, 6.07) is 6.35. The van der Waals surface area contributed by atoms with Crippen LogP contribution < -0.4 is 4.90 Å². The van der Waals surface area contributed by atoms with Crippen molar-refractivity contribution in [3.63, 3.8) is 0 Å². The zero-order valence-corrected chi connectivity index (χ0v) is 18.6. The molecular formula is C23H23F3N4O4. The van der Waals surface area contributed by atoms with Gasteiger partial charge in [0.2, 0.25) is 5.82 Å². The van der Waals surface area contributed by atoms with Crippen molar-refractivity contribution in [1.82, 2.24) is 15.1 Å². The van der Waals surface area contributed by atoms with Crippen molar-refractivity contribution >= 4 is 11.8 Å². The number of nitrogens with zero attached hydrogens (tertiary/aromatic N) is 4. The number of hydrogen-bond acceptors (Lipinski definition) is 7. The number of aryl methyl sites for hydroxylation is 1. The minimum atomic E-state index is -4.61. The third kappa shape index (κ3) is 5.04. The fraction of sp³-hybridized carbons (Fsp3) is 0.391. The average molecular weight is 476 g/mol. The molecule has 34 heavy (non-hydrogen) atoms. The number of aromatic nitrogens is 3. The molecular weight excluding hydrogens is 453 g/mol. The number of rotatable bonds is 6. The highest BCUT2D eigenvalue weighted by Crippen LogP contribution is 2.38. The zero-order chi connectivity index (χ0) is 24.5. The second-order valence-electron chi connectivity index (χ2n) is 8.19. The minimum absolute atomic E-state index is 0.000131. The first-order valence-electron chi connectivity index (χ1n) is 10.7. The Morgan fingerprint density at radius 2 is 1.97 bits per heavy atom. The van der Waals surface area contributed by atoms with Gasteiger partial charge in [0.25, 0.3) is 5.89 Å². The van der Waals surface area contributed by atoms with Crippen LogP contribution in [0.1, 0.15) is 36.0 Å². The quantitative estimate of drug-likeness (QED) is 0.553. The molecule has 1 aliphatic heterocycles. The summed E-state index contributed by atoms with van der Waals surface area (Å²) in [4.78, 5) is 20.9. The van der Waals surface area contributed by atoms with Crippen molar-refractivity contribution in [3.05, 3.63) is 47.2 Å². The van der Waals surface area contributed by atoms with E-state index in [1.165, 1.54) is 6.20 Å². The number of aliphatic carboxylic acids is 1. The number of ether oxygens (including phenoxy) is 1. The molecule has 0 spiro atoms. The molecule has 0 saturated carbocycles. The highest BCUT2D eigenvalue weighted by atomic mass is 19.4. The predicted octanol–water partition coefficient (Wildman–Crippen LogP) is 4.54. The van der Waals surface area contributed by atoms with Crippen LogP contribution >= 0.6 is 0 Å². The first-order valence-corrected chi connectivity index (χ1v) is 10.7. The van der Waals surface area contributed by atoms with Crippen molar-refractivity contribution in [2.75, 3.05) is 31.2 Å². The van der Waals surface area contributed by atoms with Gasteiger partial charge >= 0.3 is 12.1 Å². The molecule has 1 atom stereocenters. The van der Waals surface area contributed by atoms with E-state index >= 15 is 0 Å². The first kappa shape index (κ1) is 23.7. The molecule has 0 aliphatic carbocycles. The summed E-state index contributed by atoms with van der Waals surface area (Å²) in [5.74, 6) is -1.08. The van der Waals surface area contributed by atoms with Crippen LogP contribution in [0.15, 0.2) is 35.0 Å². The highest BCUT2D eigenvalue weighted by Gasteiger charge is 2.37. The Kier molecular flexibility index (Phi) is 6.56. The van der Waals surface area contributed by atoms with Gasteiger partial charge in [-0.1, -0.05) is 30.3 Å². The molecule has 11 heteroatoms. The monoisotopic (exact) mass is 476 g/mol. The van der Waals surface area contributed by atoms with Gasteiger partial charge in [-0.3, -0.25) is 4.79 Å². The summed E-state index contributed by atoms with van der Waals surface area (Å²) in [6.07, 6.45) is -3.32. The van der Waals surface area contributed by atoms with E-state index in [0.29, 0.717) is 31.9 Å². The standard InChI is InChI=1S/C23H23F3N4O4/c1-13(10-19(31)32)15-3-4-17(14(2)9-15)20-28-22(34-29-20)16-11-18(23(24,25)26)21(27-12-16)30-5-7-33-8-6-30/h3-4,9,11-13H,5-8,10H2,1-2H3,(H,31,32). The number of hydrogen-bond donors (Lipinski definition) is 1. The number of anilines is 1. The topological polar surface area (TPSA) is 102 Å². The van der Waals surface area contributed by atoms with Gasteiger partial charge in [-0.15, -0.1) is 0 Å². The molecule has 1 unspecified atom stereocenters. The third-order valence-electron chi connectivity index (χ3n) is 5.70. The lowest BCUT2D eigenvalue weighted by molar-refractivity contribution is -0.138. The summed E-state index contributed by atoms with van der Waals surface area (Å²) in [6.45, 7) is 4.95. The van der Waals surface area contributed by atoms with Crippen LogP contribution in [0.4, 0.5) is 19.0 Å². The molecule has 180 valence electrons. The Hall–Kier alpha value is -3.47.